The van der Waals surface area contributed by atoms with Gasteiger partial charge in [-0.05, 0) is 115 Å². The highest BCUT2D eigenvalue weighted by molar-refractivity contribution is 7.86. The molecule has 3 aromatic carbocycles. The second-order valence-electron chi connectivity index (χ2n) is 19.0. The van der Waals surface area contributed by atoms with Crippen LogP contribution in [0.4, 0.5) is 11.4 Å². The fourth-order valence-corrected chi connectivity index (χ4v) is 7.96. The summed E-state index contributed by atoms with van der Waals surface area (Å²) < 4.78 is 63.2. The molecule has 0 radical (unpaired) electrons. The van der Waals surface area contributed by atoms with E-state index in [0.29, 0.717) is 58.5 Å². The first-order valence-corrected chi connectivity index (χ1v) is 30.2. The van der Waals surface area contributed by atoms with Crippen molar-refractivity contribution in [3.8, 4) is 0 Å². The zero-order valence-corrected chi connectivity index (χ0v) is 45.0. The normalized spacial score (nSPS) is 12.1. The van der Waals surface area contributed by atoms with Crippen molar-refractivity contribution in [2.24, 2.45) is 0 Å². The number of aliphatic hydroxyl groups excluding tert-OH is 2. The van der Waals surface area contributed by atoms with Gasteiger partial charge in [-0.1, -0.05) is 92.6 Å². The largest absolute Gasteiger partial charge is 0.413 e. The van der Waals surface area contributed by atoms with Gasteiger partial charge in [-0.15, -0.1) is 0 Å². The van der Waals surface area contributed by atoms with Gasteiger partial charge in [0.1, 0.15) is 0 Å². The van der Waals surface area contributed by atoms with Gasteiger partial charge in [0.2, 0.25) is 0 Å². The van der Waals surface area contributed by atoms with Crippen LogP contribution in [0.5, 0.6) is 0 Å². The molecule has 0 aliphatic rings. The lowest BCUT2D eigenvalue weighted by Crippen LogP contribution is -2.40. The lowest BCUT2D eigenvalue weighted by molar-refractivity contribution is 0.0373. The molecule has 0 bridgehead atoms. The molecule has 0 saturated heterocycles. The number of aryl methyl sites for hydroxylation is 1. The van der Waals surface area contributed by atoms with Crippen LogP contribution in [0.3, 0.4) is 0 Å². The van der Waals surface area contributed by atoms with E-state index in [9.17, 15) is 8.42 Å². The summed E-state index contributed by atoms with van der Waals surface area (Å²) in [6.07, 6.45) is 2.01. The molecule has 0 aromatic heterocycles. The summed E-state index contributed by atoms with van der Waals surface area (Å²) in [5, 5.41) is 21.4. The highest BCUT2D eigenvalue weighted by Gasteiger charge is 2.38. The number of hydrogen-bond donors (Lipinski definition) is 4. The predicted molar refractivity (Wildman–Crippen MR) is 277 cm³/mol. The van der Waals surface area contributed by atoms with Gasteiger partial charge in [0.05, 0.1) is 77.6 Å². The Morgan fingerprint density at radius 3 is 1.39 bits per heavy atom. The molecule has 3 rings (SSSR count). The van der Waals surface area contributed by atoms with Gasteiger partial charge in [0.15, 0.2) is 16.6 Å². The van der Waals surface area contributed by atoms with Crippen LogP contribution in [0.25, 0.3) is 0 Å². The average Bonchev–Trinajstić information content (AvgIpc) is 3.23. The number of anilines is 2. The summed E-state index contributed by atoms with van der Waals surface area (Å²) >= 11 is 0. The first kappa shape index (κ1) is 63.3. The van der Waals surface area contributed by atoms with E-state index in [1.54, 1.807) is 30.3 Å². The third-order valence-corrected chi connectivity index (χ3v) is 21.4. The molecule has 380 valence electrons. The second-order valence-corrected chi connectivity index (χ2v) is 30.2. The van der Waals surface area contributed by atoms with E-state index >= 15 is 0 Å². The Morgan fingerprint density at radius 1 is 0.591 bits per heavy atom. The van der Waals surface area contributed by atoms with Crippen molar-refractivity contribution in [2.45, 2.75) is 150 Å². The minimum atomic E-state index is -3.69. The first-order chi connectivity index (χ1) is 30.4. The van der Waals surface area contributed by atoms with Crippen LogP contribution in [0.2, 0.25) is 36.3 Å². The Hall–Kier alpha value is -2.72. The van der Waals surface area contributed by atoms with E-state index < -0.39 is 26.8 Å². The van der Waals surface area contributed by atoms with Crippen molar-refractivity contribution in [3.63, 3.8) is 0 Å². The molecule has 0 aliphatic carbocycles. The minimum Gasteiger partial charge on any atom is -0.413 e. The number of nitrogen functional groups attached to an aromatic ring is 1. The summed E-state index contributed by atoms with van der Waals surface area (Å²) in [5.74, 6) is 0. The van der Waals surface area contributed by atoms with E-state index in [1.807, 2.05) is 13.8 Å². The molecule has 5 N–H and O–H groups in total. The molecule has 13 nitrogen and oxygen atoms in total. The fraction of sp³-hybridized carbons (Fsp3) is 0.640. The van der Waals surface area contributed by atoms with Gasteiger partial charge in [-0.3, -0.25) is 4.18 Å². The molecule has 66 heavy (non-hydrogen) atoms. The van der Waals surface area contributed by atoms with Crippen LogP contribution in [0, 0.1) is 6.92 Å². The molecule has 0 fully saturated rings. The SMILES string of the molecule is C.CCCOCCOCCNc1cc(CO[Si](C)(C)C(C)(C)C)cc(CO[Si](C)(C)C(C)(C)C)c1.CCCOCCOCCOS(=O)(=O)c1ccc(C)cc1.Nc1cc(CO)cc(CO)c1. The van der Waals surface area contributed by atoms with E-state index in [4.69, 9.17) is 47.9 Å². The van der Waals surface area contributed by atoms with Crippen LogP contribution in [-0.4, -0.2) is 101 Å². The molecule has 0 spiro atoms. The summed E-state index contributed by atoms with van der Waals surface area (Å²) in [4.78, 5) is 0.161. The van der Waals surface area contributed by atoms with Crippen LogP contribution in [0.15, 0.2) is 65.6 Å². The standard InChI is InChI=1S/C27H53NO4Si2.C14H22O5S.C8H11NO2.CH4/c1-12-14-29-16-17-30-15-13-28-25-19-23(21-31-33(8,9)26(2,3)4)18-24(20-25)22-32-34(10,11)27(5,6)7;1-3-8-17-9-10-18-11-12-19-20(15,16)14-6-4-13(2)5-7-14;9-8-2-6(4-10)1-7(3-8)5-11;/h18-20,28H,12-17,21-22H2,1-11H3;4-7H,3,8-12H2,1-2H3;1-3,10-11H,4-5,9H2;1H4. The zero-order chi connectivity index (χ0) is 49.2. The molecule has 0 aliphatic heterocycles. The molecule has 0 atom stereocenters. The number of hydrogen-bond acceptors (Lipinski definition) is 13. The highest BCUT2D eigenvalue weighted by atomic mass is 32.2. The maximum atomic E-state index is 11.8. The Labute approximate surface area is 402 Å². The summed E-state index contributed by atoms with van der Waals surface area (Å²) in [6.45, 7) is 35.5. The average molecular weight is 984 g/mol. The van der Waals surface area contributed by atoms with Crippen molar-refractivity contribution < 1.29 is 50.6 Å². The predicted octanol–water partition coefficient (Wildman–Crippen LogP) is 10.6. The molecule has 0 unspecified atom stereocenters. The monoisotopic (exact) mass is 983 g/mol. The van der Waals surface area contributed by atoms with Crippen LogP contribution in [0.1, 0.15) is 103 Å². The van der Waals surface area contributed by atoms with Gasteiger partial charge in [-0.2, -0.15) is 8.42 Å². The Bertz CT molecular complexity index is 1780. The van der Waals surface area contributed by atoms with Crippen LogP contribution in [-0.2, 0) is 68.5 Å². The maximum absolute atomic E-state index is 11.8. The van der Waals surface area contributed by atoms with Crippen molar-refractivity contribution in [1.29, 1.82) is 0 Å². The quantitative estimate of drug-likeness (QED) is 0.0246. The number of ether oxygens (including phenoxy) is 4. The molecular formula is C50H90N2O11SSi2. The third kappa shape index (κ3) is 26.2. The fourth-order valence-electron chi connectivity index (χ4n) is 5.14. The lowest BCUT2D eigenvalue weighted by atomic mass is 10.1. The zero-order valence-electron chi connectivity index (χ0n) is 42.1. The topological polar surface area (TPSA) is 177 Å². The minimum absolute atomic E-state index is 0. The van der Waals surface area contributed by atoms with Gasteiger partial charge in [0, 0.05) is 31.1 Å². The van der Waals surface area contributed by atoms with Crippen LogP contribution >= 0.6 is 0 Å². The highest BCUT2D eigenvalue weighted by Crippen LogP contribution is 2.38. The first-order valence-electron chi connectivity index (χ1n) is 22.9. The molecule has 0 heterocycles. The number of nitrogens with one attached hydrogen (secondary N) is 1. The van der Waals surface area contributed by atoms with Crippen molar-refractivity contribution >= 4 is 38.1 Å². The van der Waals surface area contributed by atoms with Crippen LogP contribution < -0.4 is 11.1 Å². The molecular weight excluding hydrogens is 893 g/mol. The molecule has 16 heteroatoms. The van der Waals surface area contributed by atoms with Gasteiger partial charge >= 0.3 is 0 Å². The number of aliphatic hydroxyl groups is 2. The molecule has 0 amide bonds. The Balaban J connectivity index is 0.00000110. The van der Waals surface area contributed by atoms with Gasteiger partial charge in [0.25, 0.3) is 10.1 Å². The van der Waals surface area contributed by atoms with E-state index in [0.717, 1.165) is 48.4 Å². The third-order valence-electron chi connectivity index (χ3n) is 11.1. The van der Waals surface area contributed by atoms with Gasteiger partial charge in [-0.25, -0.2) is 0 Å². The lowest BCUT2D eigenvalue weighted by Gasteiger charge is -2.36. The Morgan fingerprint density at radius 2 is 0.985 bits per heavy atom. The van der Waals surface area contributed by atoms with Crippen molar-refractivity contribution in [2.75, 3.05) is 77.1 Å². The smallest absolute Gasteiger partial charge is 0.297 e. The number of rotatable bonds is 27. The summed E-state index contributed by atoms with van der Waals surface area (Å²) in [5.41, 5.74) is 12.0. The van der Waals surface area contributed by atoms with Gasteiger partial charge < -0.3 is 49.1 Å². The molecule has 3 aromatic rings. The van der Waals surface area contributed by atoms with E-state index in [-0.39, 0.29) is 48.8 Å². The number of nitrogens with two attached hydrogens (primary N) is 1. The summed E-state index contributed by atoms with van der Waals surface area (Å²) in [7, 11) is -7.33. The van der Waals surface area contributed by atoms with Crippen molar-refractivity contribution in [3.05, 3.63) is 88.5 Å². The Kier molecular flexibility index (Phi) is 30.8. The van der Waals surface area contributed by atoms with E-state index in [2.05, 4.69) is 98.2 Å². The maximum Gasteiger partial charge on any atom is 0.297 e. The van der Waals surface area contributed by atoms with Crippen molar-refractivity contribution in [1.82, 2.24) is 0 Å². The number of benzene rings is 3. The summed E-state index contributed by atoms with van der Waals surface area (Å²) in [6, 6.07) is 18.3. The molecule has 0 saturated carbocycles. The van der Waals surface area contributed by atoms with E-state index in [1.165, 1.54) is 23.3 Å². The second kappa shape index (κ2) is 32.2.